The van der Waals surface area contributed by atoms with Crippen molar-refractivity contribution in [3.05, 3.63) is 45.4 Å². The lowest BCUT2D eigenvalue weighted by Crippen LogP contribution is -2.26. The van der Waals surface area contributed by atoms with Crippen LogP contribution in [0.5, 0.6) is 0 Å². The maximum Gasteiger partial charge on any atom is 0.0812 e. The van der Waals surface area contributed by atoms with E-state index in [0.29, 0.717) is 0 Å². The Bertz CT molecular complexity index is 594. The minimum atomic E-state index is -0.301. The molecule has 2 heterocycles. The number of hydrogen-bond donors (Lipinski definition) is 1. The molecule has 102 valence electrons. The SMILES string of the molecule is Cc1ccc(Cn2ccc3c2CC(C)(C)CC3O)s1. The van der Waals surface area contributed by atoms with Gasteiger partial charge in [-0.3, -0.25) is 0 Å². The van der Waals surface area contributed by atoms with E-state index in [0.717, 1.165) is 24.9 Å². The summed E-state index contributed by atoms with van der Waals surface area (Å²) in [6.07, 6.45) is 3.74. The molecule has 2 nitrogen and oxygen atoms in total. The summed E-state index contributed by atoms with van der Waals surface area (Å²) in [5.41, 5.74) is 2.64. The zero-order chi connectivity index (χ0) is 13.6. The molecule has 1 aliphatic rings. The van der Waals surface area contributed by atoms with E-state index in [4.69, 9.17) is 0 Å². The average Bonchev–Trinajstić information content (AvgIpc) is 2.86. The van der Waals surface area contributed by atoms with Gasteiger partial charge in [-0.25, -0.2) is 0 Å². The summed E-state index contributed by atoms with van der Waals surface area (Å²) in [6, 6.07) is 6.47. The third kappa shape index (κ3) is 2.49. The zero-order valence-corrected chi connectivity index (χ0v) is 12.6. The summed E-state index contributed by atoms with van der Waals surface area (Å²) in [5, 5.41) is 10.3. The molecule has 0 fully saturated rings. The Morgan fingerprint density at radius 2 is 2.16 bits per heavy atom. The normalized spacial score (nSPS) is 21.4. The van der Waals surface area contributed by atoms with Crippen molar-refractivity contribution in [1.82, 2.24) is 4.57 Å². The van der Waals surface area contributed by atoms with Gasteiger partial charge >= 0.3 is 0 Å². The first-order chi connectivity index (χ1) is 8.94. The van der Waals surface area contributed by atoms with E-state index in [1.807, 2.05) is 11.3 Å². The molecule has 3 heteroatoms. The van der Waals surface area contributed by atoms with Crippen LogP contribution in [0.15, 0.2) is 24.4 Å². The van der Waals surface area contributed by atoms with E-state index < -0.39 is 0 Å². The molecule has 1 atom stereocenters. The lowest BCUT2D eigenvalue weighted by Gasteiger charge is -2.33. The number of aryl methyl sites for hydroxylation is 1. The van der Waals surface area contributed by atoms with Crippen LogP contribution in [0.3, 0.4) is 0 Å². The van der Waals surface area contributed by atoms with Crippen molar-refractivity contribution in [2.75, 3.05) is 0 Å². The molecule has 0 spiro atoms. The summed E-state index contributed by atoms with van der Waals surface area (Å²) in [7, 11) is 0. The molecule has 0 bridgehead atoms. The van der Waals surface area contributed by atoms with Crippen molar-refractivity contribution < 1.29 is 5.11 Å². The molecular formula is C16H21NOS. The molecule has 2 aromatic rings. The number of thiophene rings is 1. The smallest absolute Gasteiger partial charge is 0.0812 e. The van der Waals surface area contributed by atoms with Gasteiger partial charge in [0.15, 0.2) is 0 Å². The molecule has 0 saturated heterocycles. The van der Waals surface area contributed by atoms with Gasteiger partial charge in [0.25, 0.3) is 0 Å². The number of rotatable bonds is 2. The van der Waals surface area contributed by atoms with Crippen LogP contribution in [-0.4, -0.2) is 9.67 Å². The summed E-state index contributed by atoms with van der Waals surface area (Å²) >= 11 is 1.85. The van der Waals surface area contributed by atoms with Crippen LogP contribution in [0.2, 0.25) is 0 Å². The molecule has 2 aromatic heterocycles. The number of nitrogens with zero attached hydrogens (tertiary/aromatic N) is 1. The van der Waals surface area contributed by atoms with E-state index in [1.165, 1.54) is 15.4 Å². The van der Waals surface area contributed by atoms with Crippen molar-refractivity contribution in [2.45, 2.75) is 46.3 Å². The molecule has 1 aliphatic carbocycles. The average molecular weight is 275 g/mol. The highest BCUT2D eigenvalue weighted by Crippen LogP contribution is 2.41. The van der Waals surface area contributed by atoms with Crippen LogP contribution in [-0.2, 0) is 13.0 Å². The lowest BCUT2D eigenvalue weighted by molar-refractivity contribution is 0.0981. The maximum absolute atomic E-state index is 10.3. The Balaban J connectivity index is 1.92. The second-order valence-corrected chi connectivity index (χ2v) is 7.79. The highest BCUT2D eigenvalue weighted by atomic mass is 32.1. The highest BCUT2D eigenvalue weighted by Gasteiger charge is 2.33. The largest absolute Gasteiger partial charge is 0.388 e. The van der Waals surface area contributed by atoms with E-state index >= 15 is 0 Å². The molecule has 1 N–H and O–H groups in total. The highest BCUT2D eigenvalue weighted by molar-refractivity contribution is 7.11. The van der Waals surface area contributed by atoms with Crippen molar-refractivity contribution in [2.24, 2.45) is 5.41 Å². The Morgan fingerprint density at radius 1 is 1.37 bits per heavy atom. The number of aromatic nitrogens is 1. The van der Waals surface area contributed by atoms with Gasteiger partial charge in [-0.05, 0) is 43.4 Å². The number of hydrogen-bond acceptors (Lipinski definition) is 2. The number of aliphatic hydroxyl groups is 1. The Hall–Kier alpha value is -1.06. The molecular weight excluding hydrogens is 254 g/mol. The van der Waals surface area contributed by atoms with Crippen molar-refractivity contribution in [3.8, 4) is 0 Å². The zero-order valence-electron chi connectivity index (χ0n) is 11.8. The van der Waals surface area contributed by atoms with Gasteiger partial charge in [0, 0.05) is 27.2 Å². The first kappa shape index (κ1) is 12.9. The van der Waals surface area contributed by atoms with Crippen LogP contribution < -0.4 is 0 Å². The van der Waals surface area contributed by atoms with E-state index in [9.17, 15) is 5.11 Å². The van der Waals surface area contributed by atoms with Crippen LogP contribution >= 0.6 is 11.3 Å². The Morgan fingerprint density at radius 3 is 2.84 bits per heavy atom. The predicted molar refractivity (Wildman–Crippen MR) is 79.7 cm³/mol. The topological polar surface area (TPSA) is 25.2 Å². The van der Waals surface area contributed by atoms with E-state index in [1.54, 1.807) is 0 Å². The fourth-order valence-electron chi connectivity index (χ4n) is 3.07. The fraction of sp³-hybridized carbons (Fsp3) is 0.500. The Kier molecular flexibility index (Phi) is 3.06. The number of fused-ring (bicyclic) bond motifs is 1. The lowest BCUT2D eigenvalue weighted by atomic mass is 9.75. The first-order valence-electron chi connectivity index (χ1n) is 6.86. The third-order valence-electron chi connectivity index (χ3n) is 3.99. The minimum absolute atomic E-state index is 0.188. The fourth-order valence-corrected chi connectivity index (χ4v) is 3.96. The van der Waals surface area contributed by atoms with Crippen LogP contribution in [0.4, 0.5) is 0 Å². The summed E-state index contributed by atoms with van der Waals surface area (Å²) in [4.78, 5) is 2.74. The summed E-state index contributed by atoms with van der Waals surface area (Å²) in [5.74, 6) is 0. The van der Waals surface area contributed by atoms with Crippen LogP contribution in [0.25, 0.3) is 0 Å². The van der Waals surface area contributed by atoms with Gasteiger partial charge in [-0.15, -0.1) is 11.3 Å². The van der Waals surface area contributed by atoms with Crippen LogP contribution in [0.1, 0.15) is 47.4 Å². The van der Waals surface area contributed by atoms with Crippen molar-refractivity contribution in [3.63, 3.8) is 0 Å². The first-order valence-corrected chi connectivity index (χ1v) is 7.67. The van der Waals surface area contributed by atoms with Crippen molar-refractivity contribution in [1.29, 1.82) is 0 Å². The molecule has 0 saturated carbocycles. The predicted octanol–water partition coefficient (Wildman–Crippen LogP) is 3.91. The molecule has 0 amide bonds. The molecule has 3 rings (SSSR count). The summed E-state index contributed by atoms with van der Waals surface area (Å²) < 4.78 is 2.31. The molecule has 0 radical (unpaired) electrons. The van der Waals surface area contributed by atoms with E-state index in [2.05, 4.69) is 49.7 Å². The maximum atomic E-state index is 10.3. The molecule has 0 aliphatic heterocycles. The molecule has 0 aromatic carbocycles. The monoisotopic (exact) mass is 275 g/mol. The second kappa shape index (κ2) is 4.50. The van der Waals surface area contributed by atoms with Crippen molar-refractivity contribution >= 4 is 11.3 Å². The summed E-state index contributed by atoms with van der Waals surface area (Å²) in [6.45, 7) is 7.56. The van der Waals surface area contributed by atoms with Gasteiger partial charge in [0.05, 0.1) is 12.6 Å². The standard InChI is InChI=1S/C16H21NOS/c1-11-4-5-12(19-11)10-17-7-6-13-14(17)8-16(2,3)9-15(13)18/h4-7,15,18H,8-10H2,1-3H3. The minimum Gasteiger partial charge on any atom is -0.388 e. The molecule has 19 heavy (non-hydrogen) atoms. The Labute approximate surface area is 118 Å². The third-order valence-corrected chi connectivity index (χ3v) is 4.97. The van der Waals surface area contributed by atoms with Gasteiger partial charge in [-0.2, -0.15) is 0 Å². The second-order valence-electron chi connectivity index (χ2n) is 6.42. The van der Waals surface area contributed by atoms with E-state index in [-0.39, 0.29) is 11.5 Å². The molecule has 1 unspecified atom stereocenters. The van der Waals surface area contributed by atoms with Gasteiger partial charge < -0.3 is 9.67 Å². The van der Waals surface area contributed by atoms with Gasteiger partial charge in [0.2, 0.25) is 0 Å². The quantitative estimate of drug-likeness (QED) is 0.883. The number of aliphatic hydroxyl groups excluding tert-OH is 1. The van der Waals surface area contributed by atoms with Gasteiger partial charge in [-0.1, -0.05) is 13.8 Å². The van der Waals surface area contributed by atoms with Crippen LogP contribution in [0, 0.1) is 12.3 Å². The van der Waals surface area contributed by atoms with Gasteiger partial charge in [0.1, 0.15) is 0 Å².